The van der Waals surface area contributed by atoms with Crippen molar-refractivity contribution in [2.45, 2.75) is 39.7 Å². The average molecular weight is 311 g/mol. The molecule has 1 atom stereocenters. The number of nitrogens with one attached hydrogen (secondary N) is 1. The van der Waals surface area contributed by atoms with E-state index in [-0.39, 0.29) is 18.6 Å². The van der Waals surface area contributed by atoms with Gasteiger partial charge in [-0.15, -0.1) is 0 Å². The van der Waals surface area contributed by atoms with Crippen molar-refractivity contribution < 1.29 is 9.53 Å². The highest BCUT2D eigenvalue weighted by molar-refractivity contribution is 5.77. The Morgan fingerprint density at radius 1 is 1.09 bits per heavy atom. The van der Waals surface area contributed by atoms with E-state index in [1.54, 1.807) is 0 Å². The van der Waals surface area contributed by atoms with Gasteiger partial charge in [-0.2, -0.15) is 0 Å². The summed E-state index contributed by atoms with van der Waals surface area (Å²) in [7, 11) is 0. The molecule has 1 amide bonds. The molecule has 0 aromatic heterocycles. The highest BCUT2D eigenvalue weighted by atomic mass is 16.5. The van der Waals surface area contributed by atoms with Gasteiger partial charge in [-0.25, -0.2) is 0 Å². The van der Waals surface area contributed by atoms with Gasteiger partial charge in [0.15, 0.2) is 6.61 Å². The lowest BCUT2D eigenvalue weighted by molar-refractivity contribution is -0.123. The quantitative estimate of drug-likeness (QED) is 0.844. The van der Waals surface area contributed by atoms with Crippen LogP contribution in [0.2, 0.25) is 0 Å². The average Bonchev–Trinajstić information content (AvgIpc) is 2.51. The molecule has 1 N–H and O–H groups in total. The van der Waals surface area contributed by atoms with E-state index in [0.29, 0.717) is 0 Å². The summed E-state index contributed by atoms with van der Waals surface area (Å²) in [5, 5.41) is 2.99. The Hall–Kier alpha value is -2.29. The monoisotopic (exact) mass is 311 g/mol. The predicted octanol–water partition coefficient (Wildman–Crippen LogP) is 3.82. The molecule has 23 heavy (non-hydrogen) atoms. The van der Waals surface area contributed by atoms with Crippen LogP contribution < -0.4 is 10.1 Å². The van der Waals surface area contributed by atoms with Gasteiger partial charge in [-0.3, -0.25) is 4.79 Å². The summed E-state index contributed by atoms with van der Waals surface area (Å²) in [6.45, 7) is 6.12. The molecule has 0 bridgehead atoms. The number of carbonyl (C=O) groups is 1. The maximum atomic E-state index is 12.0. The Labute approximate surface area is 138 Å². The maximum absolute atomic E-state index is 12.0. The number of hydrogen-bond acceptors (Lipinski definition) is 2. The molecule has 0 spiro atoms. The van der Waals surface area contributed by atoms with Crippen LogP contribution in [0.4, 0.5) is 0 Å². The maximum Gasteiger partial charge on any atom is 0.258 e. The fourth-order valence-corrected chi connectivity index (χ4v) is 2.58. The van der Waals surface area contributed by atoms with Crippen molar-refractivity contribution in [3.05, 3.63) is 65.2 Å². The molecule has 0 unspecified atom stereocenters. The minimum Gasteiger partial charge on any atom is -0.484 e. The molecule has 2 rings (SSSR count). The molecule has 0 aliphatic rings. The molecular weight excluding hydrogens is 286 g/mol. The van der Waals surface area contributed by atoms with E-state index in [2.05, 4.69) is 23.5 Å². The van der Waals surface area contributed by atoms with Crippen LogP contribution in [0.1, 0.15) is 30.0 Å². The van der Waals surface area contributed by atoms with E-state index < -0.39 is 0 Å². The van der Waals surface area contributed by atoms with Gasteiger partial charge >= 0.3 is 0 Å². The van der Waals surface area contributed by atoms with E-state index in [4.69, 9.17) is 4.74 Å². The minimum absolute atomic E-state index is 0.0541. The Morgan fingerprint density at radius 3 is 2.39 bits per heavy atom. The van der Waals surface area contributed by atoms with Crippen LogP contribution in [0, 0.1) is 13.8 Å². The molecule has 0 radical (unpaired) electrons. The number of ether oxygens (including phenoxy) is 1. The van der Waals surface area contributed by atoms with E-state index in [9.17, 15) is 4.79 Å². The zero-order valence-electron chi connectivity index (χ0n) is 14.1. The van der Waals surface area contributed by atoms with Gasteiger partial charge in [0.25, 0.3) is 5.91 Å². The molecule has 0 saturated carbocycles. The number of benzene rings is 2. The lowest BCUT2D eigenvalue weighted by Crippen LogP contribution is -2.36. The summed E-state index contributed by atoms with van der Waals surface area (Å²) < 4.78 is 5.58. The molecular formula is C20H25NO2. The van der Waals surface area contributed by atoms with Crippen LogP contribution in [0.25, 0.3) is 0 Å². The largest absolute Gasteiger partial charge is 0.484 e. The lowest BCUT2D eigenvalue weighted by Gasteiger charge is -2.14. The first kappa shape index (κ1) is 17.1. The second kappa shape index (κ2) is 8.37. The van der Waals surface area contributed by atoms with Crippen molar-refractivity contribution in [3.8, 4) is 5.75 Å². The van der Waals surface area contributed by atoms with Crippen molar-refractivity contribution >= 4 is 5.91 Å². The highest BCUT2D eigenvalue weighted by Crippen LogP contribution is 2.16. The molecule has 3 nitrogen and oxygen atoms in total. The second-order valence-electron chi connectivity index (χ2n) is 6.10. The fraction of sp³-hybridized carbons (Fsp3) is 0.350. The molecule has 0 heterocycles. The van der Waals surface area contributed by atoms with Gasteiger partial charge in [0.2, 0.25) is 0 Å². The van der Waals surface area contributed by atoms with Gasteiger partial charge in [-0.05, 0) is 62.4 Å². The van der Waals surface area contributed by atoms with Gasteiger partial charge < -0.3 is 10.1 Å². The zero-order chi connectivity index (χ0) is 16.7. The number of aryl methyl sites for hydroxylation is 3. The van der Waals surface area contributed by atoms with Crippen LogP contribution in [0.3, 0.4) is 0 Å². The SMILES string of the molecule is Cc1cc(C)cc(OCC(=O)N[C@@H](C)CCc2ccccc2)c1. The number of amides is 1. The molecule has 0 aliphatic carbocycles. The highest BCUT2D eigenvalue weighted by Gasteiger charge is 2.08. The lowest BCUT2D eigenvalue weighted by atomic mass is 10.1. The van der Waals surface area contributed by atoms with E-state index in [1.807, 2.05) is 51.1 Å². The van der Waals surface area contributed by atoms with Gasteiger partial charge in [0.05, 0.1) is 0 Å². The summed E-state index contributed by atoms with van der Waals surface area (Å²) in [6.07, 6.45) is 1.87. The Bertz CT molecular complexity index is 617. The van der Waals surface area contributed by atoms with E-state index in [1.165, 1.54) is 5.56 Å². The third kappa shape index (κ3) is 6.15. The van der Waals surface area contributed by atoms with E-state index in [0.717, 1.165) is 29.7 Å². The number of carbonyl (C=O) groups excluding carboxylic acids is 1. The zero-order valence-corrected chi connectivity index (χ0v) is 14.1. The van der Waals surface area contributed by atoms with Crippen molar-refractivity contribution in [3.63, 3.8) is 0 Å². The van der Waals surface area contributed by atoms with Crippen molar-refractivity contribution in [2.75, 3.05) is 6.61 Å². The molecule has 3 heteroatoms. The Morgan fingerprint density at radius 2 is 1.74 bits per heavy atom. The third-order valence-corrected chi connectivity index (χ3v) is 3.68. The molecule has 2 aromatic carbocycles. The summed E-state index contributed by atoms with van der Waals surface area (Å²) >= 11 is 0. The molecule has 0 fully saturated rings. The van der Waals surface area contributed by atoms with Crippen molar-refractivity contribution in [1.29, 1.82) is 0 Å². The van der Waals surface area contributed by atoms with Crippen LogP contribution in [-0.2, 0) is 11.2 Å². The molecule has 2 aromatic rings. The first-order valence-corrected chi connectivity index (χ1v) is 8.07. The van der Waals surface area contributed by atoms with Gasteiger partial charge in [0, 0.05) is 6.04 Å². The van der Waals surface area contributed by atoms with Crippen LogP contribution in [-0.4, -0.2) is 18.6 Å². The third-order valence-electron chi connectivity index (χ3n) is 3.68. The van der Waals surface area contributed by atoms with Crippen molar-refractivity contribution in [1.82, 2.24) is 5.32 Å². The van der Waals surface area contributed by atoms with E-state index >= 15 is 0 Å². The summed E-state index contributed by atoms with van der Waals surface area (Å²) in [5.41, 5.74) is 3.56. The van der Waals surface area contributed by atoms with Gasteiger partial charge in [-0.1, -0.05) is 36.4 Å². The first-order valence-electron chi connectivity index (χ1n) is 8.07. The second-order valence-corrected chi connectivity index (χ2v) is 6.10. The predicted molar refractivity (Wildman–Crippen MR) is 93.8 cm³/mol. The molecule has 0 saturated heterocycles. The normalized spacial score (nSPS) is 11.8. The standard InChI is InChI=1S/C20H25NO2/c1-15-11-16(2)13-19(12-15)23-14-20(22)21-17(3)9-10-18-7-5-4-6-8-18/h4-8,11-13,17H,9-10,14H2,1-3H3,(H,21,22)/t17-/m0/s1. The summed E-state index contributed by atoms with van der Waals surface area (Å²) in [6, 6.07) is 16.4. The minimum atomic E-state index is -0.0790. The number of hydrogen-bond donors (Lipinski definition) is 1. The fourth-order valence-electron chi connectivity index (χ4n) is 2.58. The Kier molecular flexibility index (Phi) is 6.21. The molecule has 0 aliphatic heterocycles. The molecule has 122 valence electrons. The topological polar surface area (TPSA) is 38.3 Å². The summed E-state index contributed by atoms with van der Waals surface area (Å²) in [5.74, 6) is 0.666. The summed E-state index contributed by atoms with van der Waals surface area (Å²) in [4.78, 5) is 12.0. The van der Waals surface area contributed by atoms with Crippen LogP contribution >= 0.6 is 0 Å². The Balaban J connectivity index is 1.73. The van der Waals surface area contributed by atoms with Crippen molar-refractivity contribution in [2.24, 2.45) is 0 Å². The smallest absolute Gasteiger partial charge is 0.258 e. The van der Waals surface area contributed by atoms with Gasteiger partial charge in [0.1, 0.15) is 5.75 Å². The number of rotatable bonds is 7. The first-order chi connectivity index (χ1) is 11.0. The van der Waals surface area contributed by atoms with Crippen LogP contribution in [0.15, 0.2) is 48.5 Å². The van der Waals surface area contributed by atoms with Crippen LogP contribution in [0.5, 0.6) is 5.75 Å².